The first-order valence-corrected chi connectivity index (χ1v) is 39.9. The molecule has 0 spiro atoms. The standard InChI is InChI=1S/C107H75N9/c1-66-20-16-26-71(54-66)75-38-44-97-85(58-75)81-30-8-12-34-93(81)113(97)101-48-42-79(91-64-108-52-50-103(91)115-95-36-14-10-32-83(95)87-60-77(40-46-99(87)115)73-28-18-22-68(3)56-73)62-89(101)106-110-105(70-24-6-5-7-25-70)111-107(112-106)90-63-80(43-49-102(90)114-94-35-13-9-31-82(94)86-59-76(39-45-98(86)114)72-27-17-21-67(2)55-72)92-65-109-53-51-104(92)116-96-37-15-11-33-84(96)88-61-78(41-47-100(88)116)74-29-19-23-69(4)57-74/h5-10,12-32,34-65H,11,33H2,1-4H3. The van der Waals surface area contributed by atoms with Gasteiger partial charge in [-0.25, -0.2) is 15.0 Å². The van der Waals surface area contributed by atoms with Crippen molar-refractivity contribution >= 4 is 82.4 Å². The summed E-state index contributed by atoms with van der Waals surface area (Å²) in [6.45, 7) is 8.64. The highest BCUT2D eigenvalue weighted by Crippen LogP contribution is 2.47. The van der Waals surface area contributed by atoms with Gasteiger partial charge in [-0.15, -0.1) is 0 Å². The van der Waals surface area contributed by atoms with Gasteiger partial charge in [0, 0.05) is 96.0 Å². The molecule has 0 unspecified atom stereocenters. The van der Waals surface area contributed by atoms with Gasteiger partial charge in [-0.1, -0.05) is 247 Å². The molecule has 9 nitrogen and oxygen atoms in total. The maximum atomic E-state index is 6.06. The Labute approximate surface area is 671 Å². The monoisotopic (exact) mass is 1490 g/mol. The molecule has 548 valence electrons. The average molecular weight is 1490 g/mol. The number of hydrogen-bond acceptors (Lipinski definition) is 5. The van der Waals surface area contributed by atoms with Crippen LogP contribution in [0, 0.1) is 27.7 Å². The van der Waals surface area contributed by atoms with Crippen molar-refractivity contribution in [2.24, 2.45) is 0 Å². The van der Waals surface area contributed by atoms with Crippen LogP contribution < -0.4 is 0 Å². The Balaban J connectivity index is 0.811. The first-order valence-electron chi connectivity index (χ1n) is 39.9. The number of benzene rings is 14. The zero-order chi connectivity index (χ0) is 77.2. The zero-order valence-electron chi connectivity index (χ0n) is 64.5. The molecule has 0 N–H and O–H groups in total. The summed E-state index contributed by atoms with van der Waals surface area (Å²) in [5.41, 5.74) is 34.3. The Morgan fingerprint density at radius 3 is 1.00 bits per heavy atom. The van der Waals surface area contributed by atoms with Crippen molar-refractivity contribution in [3.8, 4) is 124 Å². The van der Waals surface area contributed by atoms with E-state index in [1.807, 2.05) is 24.8 Å². The Bertz CT molecular complexity index is 7650. The summed E-state index contributed by atoms with van der Waals surface area (Å²) < 4.78 is 9.71. The van der Waals surface area contributed by atoms with Crippen LogP contribution in [0.1, 0.15) is 39.9 Å². The van der Waals surface area contributed by atoms with Crippen LogP contribution in [0.5, 0.6) is 0 Å². The molecule has 22 rings (SSSR count). The maximum Gasteiger partial charge on any atom is 0.166 e. The Kier molecular flexibility index (Phi) is 16.1. The molecule has 14 aromatic carbocycles. The van der Waals surface area contributed by atoms with Crippen molar-refractivity contribution in [3.05, 3.63) is 386 Å². The minimum absolute atomic E-state index is 0.490. The van der Waals surface area contributed by atoms with Crippen molar-refractivity contribution < 1.29 is 0 Å². The second-order valence-electron chi connectivity index (χ2n) is 31.0. The second-order valence-corrected chi connectivity index (χ2v) is 31.0. The van der Waals surface area contributed by atoms with Crippen molar-refractivity contribution in [2.75, 3.05) is 0 Å². The molecule has 21 aromatic rings. The molecule has 0 radical (unpaired) electrons. The summed E-state index contributed by atoms with van der Waals surface area (Å²) in [5.74, 6) is 1.51. The predicted molar refractivity (Wildman–Crippen MR) is 480 cm³/mol. The normalized spacial score (nSPS) is 12.2. The molecule has 9 heteroatoms. The van der Waals surface area contributed by atoms with Gasteiger partial charge in [0.1, 0.15) is 0 Å². The van der Waals surface area contributed by atoms with Crippen LogP contribution >= 0.6 is 0 Å². The molecule has 0 saturated heterocycles. The van der Waals surface area contributed by atoms with Gasteiger partial charge in [0.2, 0.25) is 0 Å². The van der Waals surface area contributed by atoms with Gasteiger partial charge >= 0.3 is 0 Å². The van der Waals surface area contributed by atoms with Crippen LogP contribution in [0.15, 0.2) is 352 Å². The fraction of sp³-hybridized carbons (Fsp3) is 0.0561. The van der Waals surface area contributed by atoms with Crippen molar-refractivity contribution in [3.63, 3.8) is 0 Å². The van der Waals surface area contributed by atoms with E-state index in [-0.39, 0.29) is 0 Å². The molecule has 0 atom stereocenters. The quantitative estimate of drug-likeness (QED) is 0.115. The maximum absolute atomic E-state index is 6.06. The summed E-state index contributed by atoms with van der Waals surface area (Å²) >= 11 is 0. The van der Waals surface area contributed by atoms with Crippen LogP contribution in [0.3, 0.4) is 0 Å². The van der Waals surface area contributed by atoms with E-state index in [0.717, 1.165) is 151 Å². The fourth-order valence-electron chi connectivity index (χ4n) is 18.3. The lowest BCUT2D eigenvalue weighted by molar-refractivity contribution is 0.967. The summed E-state index contributed by atoms with van der Waals surface area (Å²) in [4.78, 5) is 27.7. The molecule has 7 aromatic heterocycles. The topological polar surface area (TPSA) is 84.2 Å². The van der Waals surface area contributed by atoms with Gasteiger partial charge in [0.25, 0.3) is 0 Å². The van der Waals surface area contributed by atoms with Gasteiger partial charge in [0.15, 0.2) is 17.5 Å². The summed E-state index contributed by atoms with van der Waals surface area (Å²) in [6, 6.07) is 118. The minimum Gasteiger partial charge on any atom is -0.309 e. The molecule has 1 aliphatic carbocycles. The van der Waals surface area contributed by atoms with E-state index in [9.17, 15) is 0 Å². The lowest BCUT2D eigenvalue weighted by Gasteiger charge is -2.20. The highest BCUT2D eigenvalue weighted by molar-refractivity contribution is 6.14. The molecule has 0 aliphatic heterocycles. The lowest BCUT2D eigenvalue weighted by atomic mass is 9.97. The molecule has 116 heavy (non-hydrogen) atoms. The fourth-order valence-corrected chi connectivity index (χ4v) is 18.3. The third-order valence-corrected chi connectivity index (χ3v) is 23.7. The third-order valence-electron chi connectivity index (χ3n) is 23.7. The van der Waals surface area contributed by atoms with E-state index >= 15 is 0 Å². The van der Waals surface area contributed by atoms with E-state index in [4.69, 9.17) is 24.9 Å². The number of rotatable bonds is 13. The first kappa shape index (κ1) is 67.9. The van der Waals surface area contributed by atoms with Crippen molar-refractivity contribution in [2.45, 2.75) is 40.5 Å². The number of hydrogen-bond donors (Lipinski definition) is 0. The second kappa shape index (κ2) is 27.5. The van der Waals surface area contributed by atoms with Gasteiger partial charge in [-0.05, 0) is 211 Å². The van der Waals surface area contributed by atoms with Crippen LogP contribution in [0.2, 0.25) is 0 Å². The molecular formula is C107H75N9. The van der Waals surface area contributed by atoms with E-state index in [1.54, 1.807) is 0 Å². The summed E-state index contributed by atoms with van der Waals surface area (Å²) in [7, 11) is 0. The first-order chi connectivity index (χ1) is 57.1. The number of aryl methyl sites for hydroxylation is 5. The zero-order valence-corrected chi connectivity index (χ0v) is 64.5. The molecule has 0 bridgehead atoms. The predicted octanol–water partition coefficient (Wildman–Crippen LogP) is 27.1. The Morgan fingerprint density at radius 2 is 0.578 bits per heavy atom. The van der Waals surface area contributed by atoms with E-state index in [1.165, 1.54) is 77.7 Å². The van der Waals surface area contributed by atoms with E-state index in [0.29, 0.717) is 17.5 Å². The number of aromatic nitrogens is 9. The average Bonchev–Trinajstić information content (AvgIpc) is 1.57. The van der Waals surface area contributed by atoms with Gasteiger partial charge in [-0.3, -0.25) is 9.97 Å². The number of allylic oxidation sites excluding steroid dienone is 1. The van der Waals surface area contributed by atoms with Crippen LogP contribution in [-0.4, -0.2) is 43.2 Å². The highest BCUT2D eigenvalue weighted by Gasteiger charge is 2.28. The van der Waals surface area contributed by atoms with Gasteiger partial charge < -0.3 is 18.3 Å². The summed E-state index contributed by atoms with van der Waals surface area (Å²) in [6.07, 6.45) is 14.4. The third kappa shape index (κ3) is 11.4. The number of fused-ring (bicyclic) bond motifs is 12. The number of pyridine rings is 2. The molecular weight excluding hydrogens is 1410 g/mol. The van der Waals surface area contributed by atoms with Gasteiger partial charge in [0.05, 0.1) is 61.4 Å². The smallest absolute Gasteiger partial charge is 0.166 e. The van der Waals surface area contributed by atoms with Crippen molar-refractivity contribution in [1.29, 1.82) is 0 Å². The van der Waals surface area contributed by atoms with Gasteiger partial charge in [-0.2, -0.15) is 0 Å². The van der Waals surface area contributed by atoms with E-state index in [2.05, 4.69) is 380 Å². The molecule has 0 amide bonds. The number of nitrogens with zero attached hydrogens (tertiary/aromatic N) is 9. The highest BCUT2D eigenvalue weighted by atomic mass is 15.1. The Hall–Kier alpha value is -14.9. The van der Waals surface area contributed by atoms with Crippen LogP contribution in [0.25, 0.3) is 206 Å². The van der Waals surface area contributed by atoms with Crippen LogP contribution in [-0.2, 0) is 6.42 Å². The number of para-hydroxylation sites is 3. The SMILES string of the molecule is Cc1cccc(-c2ccc3c(c2)c2c(n3-c3ccncc3-c3ccc(-n4c5ccccc5c5cc(-c6cccc(C)c6)ccc54)c(-c4nc(-c5ccccc5)nc(-c5cc(-c6cnccc6-n6c7ccccc7c7cc(-c8cccc(C)c8)ccc76)ccc5-n5c6ccccc6c6cc(-c7cccc(C)c7)ccc65)n4)c3)C=CCC2)c1. The van der Waals surface area contributed by atoms with Crippen LogP contribution in [0.4, 0.5) is 0 Å². The lowest BCUT2D eigenvalue weighted by Crippen LogP contribution is -2.06. The van der Waals surface area contributed by atoms with E-state index < -0.39 is 0 Å². The molecule has 7 heterocycles. The van der Waals surface area contributed by atoms with Crippen molar-refractivity contribution in [1.82, 2.24) is 43.2 Å². The molecule has 1 aliphatic rings. The Morgan fingerprint density at radius 1 is 0.241 bits per heavy atom. The minimum atomic E-state index is 0.490. The molecule has 0 fully saturated rings. The largest absolute Gasteiger partial charge is 0.309 e. The summed E-state index contributed by atoms with van der Waals surface area (Å²) in [5, 5.41) is 8.11. The molecule has 0 saturated carbocycles.